The zero-order chi connectivity index (χ0) is 27.6. The van der Waals surface area contributed by atoms with Crippen molar-refractivity contribution in [3.8, 4) is 5.75 Å². The molecule has 0 aliphatic carbocycles. The standard InChI is InChI=1S/C29H35N3O6/c1-6-38-29(36)31-13-9-20(10-14-31)32-25(19-7-11-30-12-8-19)24(27(34)28(32)35)26(33)22-16-21(17(2)3)23(37-5)15-18(22)4/h7-8,11-12,15-17,20,25,33H,6,9-10,13-14H2,1-5H3/b26-24+. The Labute approximate surface area is 223 Å². The van der Waals surface area contributed by atoms with Gasteiger partial charge in [0, 0.05) is 37.1 Å². The number of rotatable bonds is 6. The smallest absolute Gasteiger partial charge is 0.409 e. The first-order valence-corrected chi connectivity index (χ1v) is 13.0. The summed E-state index contributed by atoms with van der Waals surface area (Å²) in [6.07, 6.45) is 3.82. The predicted molar refractivity (Wildman–Crippen MR) is 142 cm³/mol. The van der Waals surface area contributed by atoms with Crippen LogP contribution in [0, 0.1) is 6.92 Å². The summed E-state index contributed by atoms with van der Waals surface area (Å²) in [5, 5.41) is 11.6. The van der Waals surface area contributed by atoms with Gasteiger partial charge in [0.2, 0.25) is 0 Å². The molecule has 1 aromatic carbocycles. The molecule has 2 amide bonds. The van der Waals surface area contributed by atoms with Gasteiger partial charge in [-0.25, -0.2) is 4.79 Å². The molecule has 1 aromatic heterocycles. The number of hydrogen-bond donors (Lipinski definition) is 1. The summed E-state index contributed by atoms with van der Waals surface area (Å²) in [5.74, 6) is -0.774. The molecule has 0 radical (unpaired) electrons. The molecule has 3 heterocycles. The Morgan fingerprint density at radius 2 is 1.82 bits per heavy atom. The van der Waals surface area contributed by atoms with E-state index in [1.165, 1.54) is 0 Å². The van der Waals surface area contributed by atoms with Crippen LogP contribution in [0.2, 0.25) is 0 Å². The number of likely N-dealkylation sites (tertiary alicyclic amines) is 2. The van der Waals surface area contributed by atoms with Crippen molar-refractivity contribution in [1.29, 1.82) is 0 Å². The van der Waals surface area contributed by atoms with E-state index in [1.807, 2.05) is 32.9 Å². The molecule has 2 saturated heterocycles. The number of piperidine rings is 1. The van der Waals surface area contributed by atoms with Crippen LogP contribution in [-0.4, -0.2) is 70.5 Å². The lowest BCUT2D eigenvalue weighted by Crippen LogP contribution is -2.48. The first-order chi connectivity index (χ1) is 18.2. The molecule has 4 rings (SSSR count). The maximum Gasteiger partial charge on any atom is 0.409 e. The van der Waals surface area contributed by atoms with Crippen LogP contribution in [0.4, 0.5) is 4.79 Å². The second kappa shape index (κ2) is 11.2. The van der Waals surface area contributed by atoms with Gasteiger partial charge in [0.05, 0.1) is 25.3 Å². The van der Waals surface area contributed by atoms with Gasteiger partial charge in [-0.3, -0.25) is 14.6 Å². The Morgan fingerprint density at radius 3 is 2.39 bits per heavy atom. The van der Waals surface area contributed by atoms with Crippen molar-refractivity contribution in [3.05, 3.63) is 64.5 Å². The third-order valence-corrected chi connectivity index (χ3v) is 7.34. The molecule has 2 aliphatic rings. The average molecular weight is 522 g/mol. The summed E-state index contributed by atoms with van der Waals surface area (Å²) in [5.41, 5.74) is 2.84. The molecular weight excluding hydrogens is 486 g/mol. The van der Waals surface area contributed by atoms with E-state index in [1.54, 1.807) is 48.4 Å². The fraction of sp³-hybridized carbons (Fsp3) is 0.448. The SMILES string of the molecule is CCOC(=O)N1CCC(N2C(=O)C(=O)/C(=C(/O)c3cc(C(C)C)c(OC)cc3C)C2c2ccncc2)CC1. The summed E-state index contributed by atoms with van der Waals surface area (Å²) in [6.45, 7) is 8.75. The van der Waals surface area contributed by atoms with Gasteiger partial charge in [-0.1, -0.05) is 13.8 Å². The van der Waals surface area contributed by atoms with E-state index in [9.17, 15) is 19.5 Å². The van der Waals surface area contributed by atoms with Crippen LogP contribution in [0.5, 0.6) is 5.75 Å². The van der Waals surface area contributed by atoms with Crippen LogP contribution in [0.3, 0.4) is 0 Å². The van der Waals surface area contributed by atoms with Gasteiger partial charge in [0.25, 0.3) is 11.7 Å². The molecule has 2 aromatic rings. The minimum absolute atomic E-state index is 0.0528. The maximum absolute atomic E-state index is 13.5. The highest BCUT2D eigenvalue weighted by atomic mass is 16.6. The minimum Gasteiger partial charge on any atom is -0.507 e. The van der Waals surface area contributed by atoms with E-state index in [2.05, 4.69) is 4.98 Å². The zero-order valence-corrected chi connectivity index (χ0v) is 22.6. The van der Waals surface area contributed by atoms with Crippen LogP contribution in [0.1, 0.15) is 67.8 Å². The number of aliphatic hydroxyl groups is 1. The molecule has 9 nitrogen and oxygen atoms in total. The molecule has 38 heavy (non-hydrogen) atoms. The third-order valence-electron chi connectivity index (χ3n) is 7.34. The number of carbonyl (C=O) groups excluding carboxylic acids is 3. The number of benzene rings is 1. The molecule has 0 bridgehead atoms. The highest BCUT2D eigenvalue weighted by molar-refractivity contribution is 6.46. The Bertz CT molecular complexity index is 1250. The summed E-state index contributed by atoms with van der Waals surface area (Å²) in [4.78, 5) is 46.5. The van der Waals surface area contributed by atoms with Gasteiger partial charge in [0.1, 0.15) is 11.5 Å². The van der Waals surface area contributed by atoms with E-state index in [-0.39, 0.29) is 29.4 Å². The number of aromatic nitrogens is 1. The molecule has 1 atom stereocenters. The summed E-state index contributed by atoms with van der Waals surface area (Å²) < 4.78 is 10.7. The number of aryl methyl sites for hydroxylation is 1. The zero-order valence-electron chi connectivity index (χ0n) is 22.6. The lowest BCUT2D eigenvalue weighted by molar-refractivity contribution is -0.142. The molecule has 202 valence electrons. The number of carbonyl (C=O) groups is 3. The minimum atomic E-state index is -0.777. The van der Waals surface area contributed by atoms with Gasteiger partial charge in [-0.2, -0.15) is 0 Å². The van der Waals surface area contributed by atoms with Gasteiger partial charge in [-0.15, -0.1) is 0 Å². The fourth-order valence-corrected chi connectivity index (χ4v) is 5.37. The molecular formula is C29H35N3O6. The van der Waals surface area contributed by atoms with Gasteiger partial charge in [0.15, 0.2) is 0 Å². The summed E-state index contributed by atoms with van der Waals surface area (Å²) in [6, 6.07) is 6.12. The van der Waals surface area contributed by atoms with Crippen LogP contribution >= 0.6 is 0 Å². The monoisotopic (exact) mass is 521 g/mol. The number of aliphatic hydroxyl groups excluding tert-OH is 1. The molecule has 1 unspecified atom stereocenters. The molecule has 0 saturated carbocycles. The number of Topliss-reactive ketones (excluding diaryl/α,β-unsaturated/α-hetero) is 1. The summed E-state index contributed by atoms with van der Waals surface area (Å²) in [7, 11) is 1.60. The van der Waals surface area contributed by atoms with Crippen molar-refractivity contribution in [1.82, 2.24) is 14.8 Å². The first kappa shape index (κ1) is 27.2. The van der Waals surface area contributed by atoms with Gasteiger partial charge in [-0.05, 0) is 73.6 Å². The Morgan fingerprint density at radius 1 is 1.16 bits per heavy atom. The van der Waals surface area contributed by atoms with Gasteiger partial charge < -0.3 is 24.4 Å². The highest BCUT2D eigenvalue weighted by Crippen LogP contribution is 2.43. The fourth-order valence-electron chi connectivity index (χ4n) is 5.37. The maximum atomic E-state index is 13.5. The summed E-state index contributed by atoms with van der Waals surface area (Å²) >= 11 is 0. The molecule has 1 N–H and O–H groups in total. The van der Waals surface area contributed by atoms with E-state index < -0.39 is 17.7 Å². The normalized spacial score (nSPS) is 19.8. The Kier molecular flexibility index (Phi) is 8.04. The number of pyridine rings is 1. The number of ketones is 1. The second-order valence-electron chi connectivity index (χ2n) is 9.97. The van der Waals surface area contributed by atoms with E-state index in [0.717, 1.165) is 11.1 Å². The lowest BCUT2D eigenvalue weighted by atomic mass is 9.90. The van der Waals surface area contributed by atoms with Crippen molar-refractivity contribution < 1.29 is 29.0 Å². The molecule has 0 spiro atoms. The van der Waals surface area contributed by atoms with Crippen molar-refractivity contribution in [3.63, 3.8) is 0 Å². The van der Waals surface area contributed by atoms with Crippen molar-refractivity contribution in [2.75, 3.05) is 26.8 Å². The predicted octanol–water partition coefficient (Wildman–Crippen LogP) is 4.56. The number of ether oxygens (including phenoxy) is 2. The molecule has 9 heteroatoms. The van der Waals surface area contributed by atoms with Crippen LogP contribution in [0.25, 0.3) is 5.76 Å². The lowest BCUT2D eigenvalue weighted by Gasteiger charge is -2.38. The van der Waals surface area contributed by atoms with Gasteiger partial charge >= 0.3 is 6.09 Å². The van der Waals surface area contributed by atoms with Crippen LogP contribution in [-0.2, 0) is 14.3 Å². The van der Waals surface area contributed by atoms with Crippen molar-refractivity contribution in [2.24, 2.45) is 0 Å². The molecule has 2 aliphatic heterocycles. The van der Waals surface area contributed by atoms with E-state index >= 15 is 0 Å². The van der Waals surface area contributed by atoms with E-state index in [4.69, 9.17) is 9.47 Å². The topological polar surface area (TPSA) is 109 Å². The van der Waals surface area contributed by atoms with Crippen LogP contribution < -0.4 is 4.74 Å². The largest absolute Gasteiger partial charge is 0.507 e. The Hall–Kier alpha value is -3.88. The van der Waals surface area contributed by atoms with E-state index in [0.29, 0.717) is 49.4 Å². The number of hydrogen-bond acceptors (Lipinski definition) is 7. The number of amides is 2. The number of methoxy groups -OCH3 is 1. The Balaban J connectivity index is 1.79. The second-order valence-corrected chi connectivity index (χ2v) is 9.97. The number of nitrogens with zero attached hydrogens (tertiary/aromatic N) is 3. The molecule has 2 fully saturated rings. The van der Waals surface area contributed by atoms with Crippen molar-refractivity contribution in [2.45, 2.75) is 58.5 Å². The first-order valence-electron chi connectivity index (χ1n) is 13.0. The van der Waals surface area contributed by atoms with Crippen molar-refractivity contribution >= 4 is 23.5 Å². The average Bonchev–Trinajstić information content (AvgIpc) is 3.18. The quantitative estimate of drug-likeness (QED) is 0.337. The third kappa shape index (κ3) is 4.97. The highest BCUT2D eigenvalue weighted by Gasteiger charge is 2.49. The van der Waals surface area contributed by atoms with Crippen LogP contribution in [0.15, 0.2) is 42.2 Å².